The van der Waals surface area contributed by atoms with Gasteiger partial charge in [0.2, 0.25) is 0 Å². The fraction of sp³-hybridized carbons (Fsp3) is 0.600. The molecule has 0 aliphatic carbocycles. The van der Waals surface area contributed by atoms with Crippen LogP contribution in [-0.4, -0.2) is 31.6 Å². The Balaban J connectivity index is 1.76. The number of fused-ring (bicyclic) bond motifs is 1. The minimum absolute atomic E-state index is 0.0643. The van der Waals surface area contributed by atoms with E-state index in [0.717, 1.165) is 29.7 Å². The highest BCUT2D eigenvalue weighted by Crippen LogP contribution is 2.36. The van der Waals surface area contributed by atoms with Crippen molar-refractivity contribution in [2.45, 2.75) is 31.8 Å². The zero-order valence-electron chi connectivity index (χ0n) is 11.4. The van der Waals surface area contributed by atoms with Gasteiger partial charge in [-0.05, 0) is 37.2 Å². The summed E-state index contributed by atoms with van der Waals surface area (Å²) in [5.41, 5.74) is 1.96. The van der Waals surface area contributed by atoms with Gasteiger partial charge >= 0.3 is 0 Å². The second-order valence-corrected chi connectivity index (χ2v) is 8.04. The Morgan fingerprint density at radius 2 is 2.25 bits per heavy atom. The van der Waals surface area contributed by atoms with Crippen molar-refractivity contribution in [3.63, 3.8) is 0 Å². The summed E-state index contributed by atoms with van der Waals surface area (Å²) in [5, 5.41) is 10.4. The van der Waals surface area contributed by atoms with Gasteiger partial charge in [-0.1, -0.05) is 18.2 Å². The summed E-state index contributed by atoms with van der Waals surface area (Å²) in [7, 11) is -2.88. The lowest BCUT2D eigenvalue weighted by Gasteiger charge is -2.23. The Morgan fingerprint density at radius 1 is 1.40 bits per heavy atom. The molecule has 1 aromatic rings. The first-order valence-corrected chi connectivity index (χ1v) is 9.00. The van der Waals surface area contributed by atoms with E-state index < -0.39 is 15.9 Å². The van der Waals surface area contributed by atoms with Crippen molar-refractivity contribution in [3.8, 4) is 5.75 Å². The molecule has 2 heterocycles. The lowest BCUT2D eigenvalue weighted by molar-refractivity contribution is 0.142. The Hall–Kier alpha value is -1.07. The Morgan fingerprint density at radius 3 is 3.00 bits per heavy atom. The average Bonchev–Trinajstić information content (AvgIpc) is 2.77. The lowest BCUT2D eigenvalue weighted by Crippen LogP contribution is -2.14. The van der Waals surface area contributed by atoms with Crippen molar-refractivity contribution in [2.75, 3.05) is 18.1 Å². The van der Waals surface area contributed by atoms with Gasteiger partial charge in [0.25, 0.3) is 0 Å². The molecule has 2 aliphatic heterocycles. The SMILES string of the molecule is O=S1(=O)CCC(CC(O)c2cccc3c2OCCC3)C1. The number of aryl methyl sites for hydroxylation is 1. The number of sulfone groups is 1. The molecule has 0 saturated carbocycles. The first-order valence-electron chi connectivity index (χ1n) is 7.18. The van der Waals surface area contributed by atoms with Crippen LogP contribution in [0.2, 0.25) is 0 Å². The number of ether oxygens (including phenoxy) is 1. The van der Waals surface area contributed by atoms with E-state index in [2.05, 4.69) is 0 Å². The molecule has 0 amide bonds. The molecule has 2 atom stereocenters. The largest absolute Gasteiger partial charge is 0.493 e. The van der Waals surface area contributed by atoms with E-state index in [1.54, 1.807) is 0 Å². The maximum Gasteiger partial charge on any atom is 0.150 e. The quantitative estimate of drug-likeness (QED) is 0.925. The van der Waals surface area contributed by atoms with Crippen LogP contribution in [0.5, 0.6) is 5.75 Å². The molecule has 0 radical (unpaired) electrons. The molecule has 0 spiro atoms. The first kappa shape index (κ1) is 13.9. The van der Waals surface area contributed by atoms with E-state index in [4.69, 9.17) is 4.74 Å². The molecule has 20 heavy (non-hydrogen) atoms. The zero-order valence-corrected chi connectivity index (χ0v) is 12.2. The van der Waals surface area contributed by atoms with E-state index in [9.17, 15) is 13.5 Å². The van der Waals surface area contributed by atoms with Crippen LogP contribution in [0.3, 0.4) is 0 Å². The van der Waals surface area contributed by atoms with Crippen LogP contribution >= 0.6 is 0 Å². The summed E-state index contributed by atoms with van der Waals surface area (Å²) >= 11 is 0. The third-order valence-electron chi connectivity index (χ3n) is 4.21. The van der Waals surface area contributed by atoms with Gasteiger partial charge in [0.1, 0.15) is 5.75 Å². The molecule has 2 unspecified atom stereocenters. The van der Waals surface area contributed by atoms with E-state index in [0.29, 0.717) is 19.4 Å². The summed E-state index contributed by atoms with van der Waals surface area (Å²) in [6.07, 6.45) is 2.51. The van der Waals surface area contributed by atoms with Crippen LogP contribution in [0.4, 0.5) is 0 Å². The number of hydrogen-bond acceptors (Lipinski definition) is 4. The molecule has 0 bridgehead atoms. The molecule has 110 valence electrons. The minimum atomic E-state index is -2.88. The summed E-state index contributed by atoms with van der Waals surface area (Å²) in [4.78, 5) is 0. The second kappa shape index (κ2) is 5.37. The van der Waals surface area contributed by atoms with E-state index in [1.165, 1.54) is 0 Å². The number of benzene rings is 1. The predicted molar refractivity (Wildman–Crippen MR) is 76.6 cm³/mol. The monoisotopic (exact) mass is 296 g/mol. The molecule has 1 aromatic carbocycles. The van der Waals surface area contributed by atoms with Crippen LogP contribution in [0.1, 0.15) is 36.5 Å². The van der Waals surface area contributed by atoms with Gasteiger partial charge in [-0.25, -0.2) is 8.42 Å². The van der Waals surface area contributed by atoms with Crippen molar-refractivity contribution in [2.24, 2.45) is 5.92 Å². The van der Waals surface area contributed by atoms with Gasteiger partial charge in [-0.3, -0.25) is 0 Å². The van der Waals surface area contributed by atoms with Crippen molar-refractivity contribution >= 4 is 9.84 Å². The van der Waals surface area contributed by atoms with Crippen LogP contribution < -0.4 is 4.74 Å². The highest BCUT2D eigenvalue weighted by atomic mass is 32.2. The maximum absolute atomic E-state index is 11.5. The van der Waals surface area contributed by atoms with Gasteiger partial charge in [0.05, 0.1) is 24.2 Å². The van der Waals surface area contributed by atoms with Gasteiger partial charge in [-0.2, -0.15) is 0 Å². The van der Waals surface area contributed by atoms with Gasteiger partial charge in [-0.15, -0.1) is 0 Å². The molecule has 0 aromatic heterocycles. The third-order valence-corrected chi connectivity index (χ3v) is 6.04. The Kier molecular flexibility index (Phi) is 3.73. The highest BCUT2D eigenvalue weighted by molar-refractivity contribution is 7.91. The normalized spacial score (nSPS) is 25.8. The smallest absolute Gasteiger partial charge is 0.150 e. The summed E-state index contributed by atoms with van der Waals surface area (Å²) in [5.74, 6) is 1.34. The molecule has 3 rings (SSSR count). The maximum atomic E-state index is 11.5. The van der Waals surface area contributed by atoms with E-state index >= 15 is 0 Å². The number of hydrogen-bond donors (Lipinski definition) is 1. The molecular formula is C15H20O4S. The van der Waals surface area contributed by atoms with Gasteiger partial charge in [0.15, 0.2) is 9.84 Å². The molecule has 2 aliphatic rings. The topological polar surface area (TPSA) is 63.6 Å². The molecule has 1 N–H and O–H groups in total. The van der Waals surface area contributed by atoms with Crippen molar-refractivity contribution < 1.29 is 18.3 Å². The second-order valence-electron chi connectivity index (χ2n) is 5.81. The predicted octanol–water partition coefficient (Wildman–Crippen LogP) is 1.87. The lowest BCUT2D eigenvalue weighted by atomic mass is 9.93. The van der Waals surface area contributed by atoms with Crippen molar-refractivity contribution in [1.29, 1.82) is 0 Å². The number of para-hydroxylation sites is 1. The van der Waals surface area contributed by atoms with Crippen molar-refractivity contribution in [3.05, 3.63) is 29.3 Å². The zero-order chi connectivity index (χ0) is 14.2. The van der Waals surface area contributed by atoms with E-state index in [-0.39, 0.29) is 17.4 Å². The summed E-state index contributed by atoms with van der Waals surface area (Å²) in [6.45, 7) is 0.689. The number of aliphatic hydroxyl groups excluding tert-OH is 1. The molecule has 1 fully saturated rings. The fourth-order valence-electron chi connectivity index (χ4n) is 3.18. The number of rotatable bonds is 3. The molecule has 1 saturated heterocycles. The van der Waals surface area contributed by atoms with Crippen molar-refractivity contribution in [1.82, 2.24) is 0 Å². The van der Waals surface area contributed by atoms with Crippen LogP contribution in [0.15, 0.2) is 18.2 Å². The van der Waals surface area contributed by atoms with Gasteiger partial charge in [0, 0.05) is 5.56 Å². The minimum Gasteiger partial charge on any atom is -0.493 e. The standard InChI is InChI=1S/C15H20O4S/c16-14(9-11-6-8-20(17,18)10-11)13-5-1-3-12-4-2-7-19-15(12)13/h1,3,5,11,14,16H,2,4,6-10H2. The van der Waals surface area contributed by atoms with Gasteiger partial charge < -0.3 is 9.84 Å². The average molecular weight is 296 g/mol. The highest BCUT2D eigenvalue weighted by Gasteiger charge is 2.30. The molecule has 4 nitrogen and oxygen atoms in total. The first-order chi connectivity index (χ1) is 9.55. The fourth-order valence-corrected chi connectivity index (χ4v) is 5.06. The molecule has 5 heteroatoms. The Bertz CT molecular complexity index is 594. The third kappa shape index (κ3) is 2.83. The van der Waals surface area contributed by atoms with Crippen LogP contribution in [0.25, 0.3) is 0 Å². The van der Waals surface area contributed by atoms with Crippen LogP contribution in [-0.2, 0) is 16.3 Å². The summed E-state index contributed by atoms with van der Waals surface area (Å²) < 4.78 is 28.7. The van der Waals surface area contributed by atoms with E-state index in [1.807, 2.05) is 18.2 Å². The van der Waals surface area contributed by atoms with Crippen LogP contribution in [0, 0.1) is 5.92 Å². The summed E-state index contributed by atoms with van der Waals surface area (Å²) in [6, 6.07) is 5.86. The molecular weight excluding hydrogens is 276 g/mol. The Labute approximate surface area is 119 Å². The number of aliphatic hydroxyl groups is 1.